The second-order valence-corrected chi connectivity index (χ2v) is 9.54. The van der Waals surface area contributed by atoms with E-state index >= 15 is 0 Å². The fourth-order valence-corrected chi connectivity index (χ4v) is 1.80. The van der Waals surface area contributed by atoms with Crippen molar-refractivity contribution in [2.45, 2.75) is 71.3 Å². The van der Waals surface area contributed by atoms with Crippen LogP contribution in [0.25, 0.3) is 0 Å². The Hall–Kier alpha value is -1.11. The Labute approximate surface area is 152 Å². The van der Waals surface area contributed by atoms with E-state index in [1.807, 2.05) is 41.5 Å². The lowest BCUT2D eigenvalue weighted by molar-refractivity contribution is 0.0474. The standard InChI is InChI=1S/C17H36N4O2S/c1-10-18-13(20-12-17(7,8)24-9)19-11-16(5,6)21-14(22)23-15(2,3)4/h10-12H2,1-9H3,(H,21,22)(H2,18,19,20). The number of thioether (sulfide) groups is 1. The third-order valence-electron chi connectivity index (χ3n) is 3.05. The van der Waals surface area contributed by atoms with Gasteiger partial charge in [0.05, 0.1) is 12.1 Å². The van der Waals surface area contributed by atoms with Gasteiger partial charge in [0, 0.05) is 17.8 Å². The van der Waals surface area contributed by atoms with Crippen molar-refractivity contribution in [1.82, 2.24) is 16.0 Å². The van der Waals surface area contributed by atoms with Crippen LogP contribution in [0.2, 0.25) is 0 Å². The third-order valence-corrected chi connectivity index (χ3v) is 4.29. The Morgan fingerprint density at radius 3 is 2.12 bits per heavy atom. The Bertz CT molecular complexity index is 429. The van der Waals surface area contributed by atoms with Gasteiger partial charge in [0.15, 0.2) is 5.96 Å². The summed E-state index contributed by atoms with van der Waals surface area (Å²) in [5.74, 6) is 0.749. The minimum Gasteiger partial charge on any atom is -0.444 e. The van der Waals surface area contributed by atoms with Gasteiger partial charge in [-0.1, -0.05) is 0 Å². The summed E-state index contributed by atoms with van der Waals surface area (Å²) < 4.78 is 5.40. The number of hydrogen-bond donors (Lipinski definition) is 3. The van der Waals surface area contributed by atoms with Crippen LogP contribution in [-0.2, 0) is 4.74 Å². The number of guanidine groups is 1. The second-order valence-electron chi connectivity index (χ2n) is 8.02. The average molecular weight is 361 g/mol. The molecule has 0 radical (unpaired) electrons. The fourth-order valence-electron chi connectivity index (χ4n) is 1.60. The second kappa shape index (κ2) is 9.39. The van der Waals surface area contributed by atoms with Gasteiger partial charge in [-0.15, -0.1) is 0 Å². The summed E-state index contributed by atoms with van der Waals surface area (Å²) >= 11 is 1.79. The average Bonchev–Trinajstić information content (AvgIpc) is 2.39. The first-order valence-electron chi connectivity index (χ1n) is 8.39. The van der Waals surface area contributed by atoms with Gasteiger partial charge >= 0.3 is 6.09 Å². The molecule has 0 bridgehead atoms. The fraction of sp³-hybridized carbons (Fsp3) is 0.882. The molecule has 0 spiro atoms. The number of aliphatic imine (C=N–C) groups is 1. The molecule has 0 saturated heterocycles. The van der Waals surface area contributed by atoms with Gasteiger partial charge < -0.3 is 20.7 Å². The van der Waals surface area contributed by atoms with E-state index in [1.54, 1.807) is 11.8 Å². The lowest BCUT2D eigenvalue weighted by Gasteiger charge is -2.29. The molecular weight excluding hydrogens is 324 g/mol. The van der Waals surface area contributed by atoms with E-state index < -0.39 is 17.2 Å². The number of carbonyl (C=O) groups excluding carboxylic acids is 1. The summed E-state index contributed by atoms with van der Waals surface area (Å²) in [5.41, 5.74) is -0.971. The molecule has 142 valence electrons. The highest BCUT2D eigenvalue weighted by atomic mass is 32.2. The maximum atomic E-state index is 11.9. The van der Waals surface area contributed by atoms with Crippen LogP contribution in [0.5, 0.6) is 0 Å². The number of hydrogen-bond acceptors (Lipinski definition) is 4. The molecule has 0 aliphatic rings. The third kappa shape index (κ3) is 11.4. The monoisotopic (exact) mass is 360 g/mol. The van der Waals surface area contributed by atoms with Gasteiger partial charge in [-0.25, -0.2) is 4.79 Å². The van der Waals surface area contributed by atoms with Crippen molar-refractivity contribution in [3.05, 3.63) is 0 Å². The molecule has 0 saturated carbocycles. The van der Waals surface area contributed by atoms with E-state index in [1.165, 1.54) is 0 Å². The van der Waals surface area contributed by atoms with Crippen molar-refractivity contribution >= 4 is 23.8 Å². The van der Waals surface area contributed by atoms with Crippen molar-refractivity contribution < 1.29 is 9.53 Å². The van der Waals surface area contributed by atoms with Crippen molar-refractivity contribution in [1.29, 1.82) is 0 Å². The highest BCUT2D eigenvalue weighted by Gasteiger charge is 2.25. The molecule has 0 aromatic heterocycles. The number of rotatable bonds is 7. The molecule has 1 amide bonds. The molecule has 6 nitrogen and oxygen atoms in total. The number of amides is 1. The van der Waals surface area contributed by atoms with Gasteiger partial charge in [-0.05, 0) is 61.6 Å². The van der Waals surface area contributed by atoms with E-state index in [0.717, 1.165) is 12.5 Å². The van der Waals surface area contributed by atoms with Crippen molar-refractivity contribution in [2.75, 3.05) is 25.9 Å². The Morgan fingerprint density at radius 1 is 1.08 bits per heavy atom. The molecule has 3 N–H and O–H groups in total. The maximum absolute atomic E-state index is 11.9. The summed E-state index contributed by atoms with van der Waals surface area (Å²) in [6, 6.07) is 0. The molecule has 0 aliphatic carbocycles. The lowest BCUT2D eigenvalue weighted by atomic mass is 10.1. The summed E-state index contributed by atoms with van der Waals surface area (Å²) in [5, 5.41) is 9.40. The van der Waals surface area contributed by atoms with Crippen LogP contribution in [-0.4, -0.2) is 53.8 Å². The van der Waals surface area contributed by atoms with E-state index in [-0.39, 0.29) is 4.75 Å². The molecule has 0 fully saturated rings. The minimum atomic E-state index is -0.507. The molecule has 24 heavy (non-hydrogen) atoms. The molecule has 0 aromatic carbocycles. The first kappa shape index (κ1) is 22.9. The van der Waals surface area contributed by atoms with E-state index in [2.05, 4.69) is 41.0 Å². The Kier molecular flexibility index (Phi) is 8.96. The van der Waals surface area contributed by atoms with Gasteiger partial charge in [0.1, 0.15) is 5.60 Å². The van der Waals surface area contributed by atoms with Crippen LogP contribution < -0.4 is 16.0 Å². The molecule has 0 aromatic rings. The zero-order valence-corrected chi connectivity index (χ0v) is 17.6. The van der Waals surface area contributed by atoms with Crippen molar-refractivity contribution in [2.24, 2.45) is 4.99 Å². The van der Waals surface area contributed by atoms with Crippen LogP contribution in [0.1, 0.15) is 55.4 Å². The normalized spacial score (nSPS) is 13.5. The first-order chi connectivity index (χ1) is 10.8. The largest absolute Gasteiger partial charge is 0.444 e. The number of nitrogens with zero attached hydrogens (tertiary/aromatic N) is 1. The summed E-state index contributed by atoms with van der Waals surface area (Å²) in [4.78, 5) is 16.6. The van der Waals surface area contributed by atoms with E-state index in [9.17, 15) is 4.79 Å². The van der Waals surface area contributed by atoms with Gasteiger partial charge in [0.25, 0.3) is 0 Å². The first-order valence-corrected chi connectivity index (χ1v) is 9.61. The van der Waals surface area contributed by atoms with Crippen LogP contribution >= 0.6 is 11.8 Å². The molecular formula is C17H36N4O2S. The van der Waals surface area contributed by atoms with Crippen molar-refractivity contribution in [3.8, 4) is 0 Å². The predicted octanol–water partition coefficient (Wildman–Crippen LogP) is 2.99. The van der Waals surface area contributed by atoms with E-state index in [0.29, 0.717) is 13.1 Å². The zero-order chi connectivity index (χ0) is 19.0. The number of carbonyl (C=O) groups is 1. The quantitative estimate of drug-likeness (QED) is 0.481. The highest BCUT2D eigenvalue weighted by Crippen LogP contribution is 2.20. The van der Waals surface area contributed by atoms with Gasteiger partial charge in [0.2, 0.25) is 0 Å². The van der Waals surface area contributed by atoms with E-state index in [4.69, 9.17) is 4.74 Å². The number of alkyl carbamates (subject to hydrolysis) is 1. The molecule has 7 heteroatoms. The topological polar surface area (TPSA) is 74.8 Å². The lowest BCUT2D eigenvalue weighted by Crippen LogP contribution is -2.54. The molecule has 0 heterocycles. The summed E-state index contributed by atoms with van der Waals surface area (Å²) in [6.07, 6.45) is 1.67. The van der Waals surface area contributed by atoms with Crippen LogP contribution in [0, 0.1) is 0 Å². The highest BCUT2D eigenvalue weighted by molar-refractivity contribution is 7.99. The summed E-state index contributed by atoms with van der Waals surface area (Å²) in [7, 11) is 0. The molecule has 0 aliphatic heterocycles. The van der Waals surface area contributed by atoms with Crippen LogP contribution in [0.3, 0.4) is 0 Å². The van der Waals surface area contributed by atoms with Crippen LogP contribution in [0.15, 0.2) is 4.99 Å². The van der Waals surface area contributed by atoms with Gasteiger partial charge in [-0.3, -0.25) is 4.99 Å². The smallest absolute Gasteiger partial charge is 0.408 e. The SMILES string of the molecule is CCNC(=NCC(C)(C)SC)NCC(C)(C)NC(=O)OC(C)(C)C. The Morgan fingerprint density at radius 2 is 1.67 bits per heavy atom. The Balaban J connectivity index is 4.66. The molecule has 0 rings (SSSR count). The number of nitrogens with one attached hydrogen (secondary N) is 3. The number of ether oxygens (including phenoxy) is 1. The summed E-state index contributed by atoms with van der Waals surface area (Å²) in [6.45, 7) is 17.8. The zero-order valence-electron chi connectivity index (χ0n) is 16.8. The van der Waals surface area contributed by atoms with Gasteiger partial charge in [-0.2, -0.15) is 11.8 Å². The van der Waals surface area contributed by atoms with Crippen molar-refractivity contribution in [3.63, 3.8) is 0 Å². The maximum Gasteiger partial charge on any atom is 0.408 e. The molecule has 0 unspecified atom stereocenters. The molecule has 0 atom stereocenters. The van der Waals surface area contributed by atoms with Crippen LogP contribution in [0.4, 0.5) is 4.79 Å². The minimum absolute atomic E-state index is 0.0899. The predicted molar refractivity (Wildman–Crippen MR) is 105 cm³/mol.